The third-order valence-electron chi connectivity index (χ3n) is 1.66. The first-order valence-electron chi connectivity index (χ1n) is 3.75. The van der Waals surface area contributed by atoms with E-state index in [4.69, 9.17) is 23.4 Å². The summed E-state index contributed by atoms with van der Waals surface area (Å²) in [5, 5.41) is 0.477. The molecule has 0 atom stereocenters. The van der Waals surface area contributed by atoms with Crippen LogP contribution in [0.4, 0.5) is 5.69 Å². The number of halogens is 2. The van der Waals surface area contributed by atoms with E-state index in [1.165, 1.54) is 6.92 Å². The molecular weight excluding hydrogens is 209 g/mol. The minimum absolute atomic E-state index is 0.252. The van der Waals surface area contributed by atoms with E-state index >= 15 is 0 Å². The van der Waals surface area contributed by atoms with Gasteiger partial charge in [-0.2, -0.15) is 0 Å². The van der Waals surface area contributed by atoms with Crippen LogP contribution >= 0.6 is 23.4 Å². The molecule has 2 nitrogen and oxygen atoms in total. The molecule has 0 aromatic heterocycles. The maximum Gasteiger partial charge on any atom is 0.238 e. The minimum Gasteiger partial charge on any atom is -0.274 e. The van der Waals surface area contributed by atoms with Crippen molar-refractivity contribution in [3.8, 4) is 0 Å². The van der Waals surface area contributed by atoms with Crippen molar-refractivity contribution in [3.63, 3.8) is 0 Å². The van der Waals surface area contributed by atoms with Crippen LogP contribution in [-0.4, -0.2) is 5.91 Å². The van der Waals surface area contributed by atoms with E-state index in [0.717, 1.165) is 9.98 Å². The van der Waals surface area contributed by atoms with Gasteiger partial charge < -0.3 is 0 Å². The van der Waals surface area contributed by atoms with Crippen LogP contribution in [0.15, 0.2) is 18.2 Å². The number of anilines is 1. The number of hydrogen-bond donors (Lipinski definition) is 0. The second-order valence-electron chi connectivity index (χ2n) is 2.71. The Morgan fingerprint density at radius 2 is 2.08 bits per heavy atom. The molecule has 0 aliphatic carbocycles. The number of rotatable bonds is 1. The highest BCUT2D eigenvalue weighted by atomic mass is 35.5. The number of hydrogen-bond acceptors (Lipinski definition) is 1. The van der Waals surface area contributed by atoms with Crippen molar-refractivity contribution in [1.82, 2.24) is 0 Å². The SMILES string of the molecule is CC(=O)N(Cl)c1c(C)cccc1Cl. The third kappa shape index (κ3) is 2.14. The fraction of sp³-hybridized carbons (Fsp3) is 0.222. The number of amides is 1. The van der Waals surface area contributed by atoms with Gasteiger partial charge in [0, 0.05) is 18.7 Å². The zero-order chi connectivity index (χ0) is 10.0. The van der Waals surface area contributed by atoms with Crippen LogP contribution in [0.25, 0.3) is 0 Å². The number of aryl methyl sites for hydroxylation is 1. The summed E-state index contributed by atoms with van der Waals surface area (Å²) in [7, 11) is 0. The summed E-state index contributed by atoms with van der Waals surface area (Å²) >= 11 is 11.6. The lowest BCUT2D eigenvalue weighted by molar-refractivity contribution is -0.115. The highest BCUT2D eigenvalue weighted by Gasteiger charge is 2.14. The largest absolute Gasteiger partial charge is 0.274 e. The molecule has 0 bridgehead atoms. The smallest absolute Gasteiger partial charge is 0.238 e. The van der Waals surface area contributed by atoms with Crippen molar-refractivity contribution in [2.75, 3.05) is 4.42 Å². The molecule has 70 valence electrons. The summed E-state index contributed by atoms with van der Waals surface area (Å²) in [5.74, 6) is -0.252. The van der Waals surface area contributed by atoms with Crippen molar-refractivity contribution in [3.05, 3.63) is 28.8 Å². The highest BCUT2D eigenvalue weighted by molar-refractivity contribution is 6.41. The van der Waals surface area contributed by atoms with Gasteiger partial charge in [-0.15, -0.1) is 0 Å². The topological polar surface area (TPSA) is 20.3 Å². The minimum atomic E-state index is -0.252. The fourth-order valence-corrected chi connectivity index (χ4v) is 1.60. The molecule has 0 aliphatic heterocycles. The Hall–Kier alpha value is -0.730. The average molecular weight is 218 g/mol. The van der Waals surface area contributed by atoms with Crippen molar-refractivity contribution in [1.29, 1.82) is 0 Å². The van der Waals surface area contributed by atoms with E-state index in [0.29, 0.717) is 10.7 Å². The van der Waals surface area contributed by atoms with Gasteiger partial charge >= 0.3 is 0 Å². The van der Waals surface area contributed by atoms with Crippen molar-refractivity contribution in [2.45, 2.75) is 13.8 Å². The Morgan fingerprint density at radius 3 is 2.54 bits per heavy atom. The Morgan fingerprint density at radius 1 is 1.46 bits per heavy atom. The van der Waals surface area contributed by atoms with Gasteiger partial charge in [-0.3, -0.25) is 4.79 Å². The predicted molar refractivity (Wildman–Crippen MR) is 55.2 cm³/mol. The fourth-order valence-electron chi connectivity index (χ4n) is 1.03. The quantitative estimate of drug-likeness (QED) is 0.663. The van der Waals surface area contributed by atoms with E-state index in [1.54, 1.807) is 6.07 Å². The summed E-state index contributed by atoms with van der Waals surface area (Å²) in [6, 6.07) is 5.35. The predicted octanol–water partition coefficient (Wildman–Crippen LogP) is 3.16. The first-order chi connectivity index (χ1) is 6.04. The van der Waals surface area contributed by atoms with Gasteiger partial charge in [0.15, 0.2) is 0 Å². The van der Waals surface area contributed by atoms with E-state index in [1.807, 2.05) is 19.1 Å². The van der Waals surface area contributed by atoms with Crippen LogP contribution in [0.1, 0.15) is 12.5 Å². The Bertz CT molecular complexity index is 318. The van der Waals surface area contributed by atoms with Gasteiger partial charge in [0.25, 0.3) is 0 Å². The molecule has 1 amide bonds. The zero-order valence-corrected chi connectivity index (χ0v) is 8.86. The van der Waals surface area contributed by atoms with Crippen molar-refractivity contribution in [2.24, 2.45) is 0 Å². The van der Waals surface area contributed by atoms with E-state index in [9.17, 15) is 4.79 Å². The molecule has 0 radical (unpaired) electrons. The molecule has 1 aromatic rings. The van der Waals surface area contributed by atoms with E-state index < -0.39 is 0 Å². The first-order valence-corrected chi connectivity index (χ1v) is 4.47. The molecule has 13 heavy (non-hydrogen) atoms. The number of carbonyl (C=O) groups excluding carboxylic acids is 1. The van der Waals surface area contributed by atoms with E-state index in [2.05, 4.69) is 0 Å². The third-order valence-corrected chi connectivity index (χ3v) is 2.37. The lowest BCUT2D eigenvalue weighted by atomic mass is 10.2. The normalized spacial score (nSPS) is 9.85. The number of nitrogens with zero attached hydrogens (tertiary/aromatic N) is 1. The summed E-state index contributed by atoms with van der Waals surface area (Å²) in [6.45, 7) is 3.23. The van der Waals surface area contributed by atoms with Crippen LogP contribution in [0.2, 0.25) is 5.02 Å². The maximum atomic E-state index is 11.0. The second kappa shape index (κ2) is 3.99. The van der Waals surface area contributed by atoms with Crippen LogP contribution in [0.3, 0.4) is 0 Å². The monoisotopic (exact) mass is 217 g/mol. The molecule has 0 aliphatic rings. The maximum absolute atomic E-state index is 11.0. The summed E-state index contributed by atoms with van der Waals surface area (Å²) < 4.78 is 1.03. The van der Waals surface area contributed by atoms with Crippen LogP contribution in [0, 0.1) is 6.92 Å². The Kier molecular flexibility index (Phi) is 3.17. The molecule has 0 heterocycles. The number of carbonyl (C=O) groups is 1. The molecule has 1 aromatic carbocycles. The van der Waals surface area contributed by atoms with Crippen molar-refractivity contribution < 1.29 is 4.79 Å². The number of benzene rings is 1. The molecule has 4 heteroatoms. The average Bonchev–Trinajstić information content (AvgIpc) is 2.03. The van der Waals surface area contributed by atoms with Gasteiger partial charge in [-0.1, -0.05) is 23.7 Å². The van der Waals surface area contributed by atoms with Gasteiger partial charge in [0.05, 0.1) is 10.7 Å². The van der Waals surface area contributed by atoms with Crippen LogP contribution in [0.5, 0.6) is 0 Å². The highest BCUT2D eigenvalue weighted by Crippen LogP contribution is 2.30. The van der Waals surface area contributed by atoms with Crippen LogP contribution in [-0.2, 0) is 4.79 Å². The molecule has 0 N–H and O–H groups in total. The summed E-state index contributed by atoms with van der Waals surface area (Å²) in [5.41, 5.74) is 1.43. The van der Waals surface area contributed by atoms with Crippen LogP contribution < -0.4 is 4.42 Å². The van der Waals surface area contributed by atoms with Gasteiger partial charge in [-0.25, -0.2) is 4.42 Å². The lowest BCUT2D eigenvalue weighted by Gasteiger charge is -2.15. The Labute approximate surface area is 87.2 Å². The van der Waals surface area contributed by atoms with Gasteiger partial charge in [-0.05, 0) is 18.6 Å². The first kappa shape index (κ1) is 10.4. The van der Waals surface area contributed by atoms with E-state index in [-0.39, 0.29) is 5.91 Å². The van der Waals surface area contributed by atoms with Gasteiger partial charge in [0.2, 0.25) is 5.91 Å². The second-order valence-corrected chi connectivity index (χ2v) is 3.45. The number of para-hydroxylation sites is 1. The molecule has 0 saturated heterocycles. The molecule has 0 spiro atoms. The summed E-state index contributed by atoms with van der Waals surface area (Å²) in [4.78, 5) is 11.0. The molecule has 1 rings (SSSR count). The Balaban J connectivity index is 3.20. The standard InChI is InChI=1S/C9H9Cl2NO/c1-6-4-3-5-8(10)9(6)12(11)7(2)13/h3-5H,1-2H3. The molecule has 0 unspecified atom stereocenters. The molecule has 0 fully saturated rings. The lowest BCUT2D eigenvalue weighted by Crippen LogP contribution is -2.17. The summed E-state index contributed by atoms with van der Waals surface area (Å²) in [6.07, 6.45) is 0. The zero-order valence-electron chi connectivity index (χ0n) is 7.34. The van der Waals surface area contributed by atoms with Crippen molar-refractivity contribution >= 4 is 35.0 Å². The molecule has 0 saturated carbocycles. The van der Waals surface area contributed by atoms with Gasteiger partial charge in [0.1, 0.15) is 0 Å². The molecular formula is C9H9Cl2NO.